The molecule has 13 heteroatoms. The van der Waals surface area contributed by atoms with Crippen LogP contribution in [-0.4, -0.2) is 59.0 Å². The molecule has 1 aliphatic rings. The van der Waals surface area contributed by atoms with Gasteiger partial charge in [-0.1, -0.05) is 50.6 Å². The van der Waals surface area contributed by atoms with Gasteiger partial charge in [0.15, 0.2) is 0 Å². The Hall–Kier alpha value is -2.12. The number of hydrogen-bond acceptors (Lipinski definition) is 4. The first-order valence-electron chi connectivity index (χ1n) is 12.5. The fraction of sp³-hybridized carbons (Fsp3) is 0.538. The lowest BCUT2D eigenvalue weighted by Crippen LogP contribution is -2.48. The molecule has 2 aromatic rings. The number of alkyl halides is 6. The molecule has 0 saturated carbocycles. The van der Waals surface area contributed by atoms with Gasteiger partial charge in [-0.3, -0.25) is 0 Å². The van der Waals surface area contributed by atoms with Crippen LogP contribution in [-0.2, 0) is 26.1 Å². The van der Waals surface area contributed by atoms with Gasteiger partial charge in [-0.25, -0.2) is 16.8 Å². The Morgan fingerprint density at radius 3 is 1.87 bits per heavy atom. The van der Waals surface area contributed by atoms with Gasteiger partial charge in [-0.05, 0) is 54.5 Å². The van der Waals surface area contributed by atoms with Gasteiger partial charge in [0.25, 0.3) is 19.7 Å². The SMILES string of the molecule is CCCCC(CC)[N+](C)(C)CC.O=S(=O)(c1ccc2c(c1S(=O)(=O)C(F)(F)F)Cc1ccccc1-2)C(F)(F)F. The van der Waals surface area contributed by atoms with Gasteiger partial charge in [0.2, 0.25) is 0 Å². The van der Waals surface area contributed by atoms with E-state index in [4.69, 9.17) is 0 Å². The van der Waals surface area contributed by atoms with E-state index in [0.717, 1.165) is 12.1 Å². The van der Waals surface area contributed by atoms with Crippen LogP contribution < -0.4 is 0 Å². The average molecular weight is 603 g/mol. The first-order chi connectivity index (χ1) is 17.8. The van der Waals surface area contributed by atoms with E-state index in [0.29, 0.717) is 11.1 Å². The number of sulfone groups is 2. The molecule has 0 saturated heterocycles. The summed E-state index contributed by atoms with van der Waals surface area (Å²) in [5.41, 5.74) is -11.9. The van der Waals surface area contributed by atoms with E-state index >= 15 is 0 Å². The third-order valence-electron chi connectivity index (χ3n) is 7.23. The summed E-state index contributed by atoms with van der Waals surface area (Å²) in [5, 5.41) is 0. The number of nitrogens with zero attached hydrogens (tertiary/aromatic N) is 1. The molecule has 0 aromatic heterocycles. The van der Waals surface area contributed by atoms with Crippen molar-refractivity contribution in [1.82, 2.24) is 0 Å². The fourth-order valence-electron chi connectivity index (χ4n) is 4.65. The number of fused-ring (bicyclic) bond motifs is 3. The maximum absolute atomic E-state index is 13.1. The molecule has 0 amide bonds. The number of halogens is 6. The number of hydrogen-bond donors (Lipinski definition) is 0. The molecule has 0 radical (unpaired) electrons. The second-order valence-corrected chi connectivity index (χ2v) is 13.7. The lowest BCUT2D eigenvalue weighted by Gasteiger charge is -2.37. The molecule has 220 valence electrons. The second-order valence-electron chi connectivity index (χ2n) is 9.95. The summed E-state index contributed by atoms with van der Waals surface area (Å²) in [6.07, 6.45) is 4.99. The molecule has 0 heterocycles. The molecule has 2 aromatic carbocycles. The first kappa shape index (κ1) is 33.1. The van der Waals surface area contributed by atoms with E-state index in [9.17, 15) is 43.2 Å². The standard InChI is InChI=1S/C15H8F6O4S2.C11H26N/c16-14(17,18)26(22,23)12-6-5-10-9-4-2-1-3-8(9)7-11(10)13(12)27(24,25)15(19,20)21;1-6-9-10-11(7-2)12(4,5)8-3/h1-6H,7H2;11H,6-10H2,1-5H3/q;+1. The van der Waals surface area contributed by atoms with Crippen molar-refractivity contribution < 1.29 is 47.7 Å². The molecule has 0 fully saturated rings. The third kappa shape index (κ3) is 6.62. The zero-order chi connectivity index (χ0) is 30.0. The summed E-state index contributed by atoms with van der Waals surface area (Å²) in [6, 6.07) is 7.93. The summed E-state index contributed by atoms with van der Waals surface area (Å²) in [4.78, 5) is -3.81. The molecule has 0 spiro atoms. The predicted octanol–water partition coefficient (Wildman–Crippen LogP) is 6.90. The lowest BCUT2D eigenvalue weighted by atomic mass is 10.0. The summed E-state index contributed by atoms with van der Waals surface area (Å²) in [7, 11) is -8.01. The van der Waals surface area contributed by atoms with Crippen LogP contribution in [0.2, 0.25) is 0 Å². The van der Waals surface area contributed by atoms with Crippen LogP contribution >= 0.6 is 0 Å². The second kappa shape index (κ2) is 11.8. The third-order valence-corrected chi connectivity index (χ3v) is 10.5. The predicted molar refractivity (Wildman–Crippen MR) is 137 cm³/mol. The van der Waals surface area contributed by atoms with Crippen LogP contribution in [0.1, 0.15) is 57.6 Å². The molecule has 0 aliphatic heterocycles. The molecule has 5 nitrogen and oxygen atoms in total. The van der Waals surface area contributed by atoms with Crippen molar-refractivity contribution in [2.24, 2.45) is 0 Å². The fourth-order valence-corrected chi connectivity index (χ4v) is 7.25. The maximum Gasteiger partial charge on any atom is 0.501 e. The van der Waals surface area contributed by atoms with E-state index in [1.807, 2.05) is 0 Å². The molecular weight excluding hydrogens is 568 g/mol. The largest absolute Gasteiger partial charge is 0.501 e. The Labute approximate surface area is 226 Å². The van der Waals surface area contributed by atoms with Gasteiger partial charge >= 0.3 is 11.0 Å². The van der Waals surface area contributed by atoms with Gasteiger partial charge in [-0.15, -0.1) is 0 Å². The molecular formula is C26H34F6NO4S2+. The van der Waals surface area contributed by atoms with Gasteiger partial charge in [0.05, 0.1) is 36.5 Å². The average Bonchev–Trinajstić information content (AvgIpc) is 3.21. The van der Waals surface area contributed by atoms with E-state index in [-0.39, 0.29) is 11.6 Å². The molecule has 0 bridgehead atoms. The maximum atomic E-state index is 13.1. The van der Waals surface area contributed by atoms with Gasteiger partial charge in [0, 0.05) is 6.42 Å². The minimum Gasteiger partial charge on any atom is -0.326 e. The zero-order valence-electron chi connectivity index (χ0n) is 22.4. The van der Waals surface area contributed by atoms with Crippen LogP contribution in [0.5, 0.6) is 0 Å². The first-order valence-corrected chi connectivity index (χ1v) is 15.4. The summed E-state index contributed by atoms with van der Waals surface area (Å²) >= 11 is 0. The highest BCUT2D eigenvalue weighted by molar-refractivity contribution is 7.95. The molecule has 1 atom stereocenters. The van der Waals surface area contributed by atoms with Crippen LogP contribution in [0.3, 0.4) is 0 Å². The van der Waals surface area contributed by atoms with E-state index in [1.165, 1.54) is 61.0 Å². The molecule has 1 aliphatic carbocycles. The normalized spacial score (nSPS) is 14.7. The van der Waals surface area contributed by atoms with Gasteiger partial charge in [0.1, 0.15) is 0 Å². The zero-order valence-corrected chi connectivity index (χ0v) is 24.1. The molecule has 3 rings (SSSR count). The Balaban J connectivity index is 0.000000377. The van der Waals surface area contributed by atoms with Crippen molar-refractivity contribution in [1.29, 1.82) is 0 Å². The summed E-state index contributed by atoms with van der Waals surface area (Å²) in [5.74, 6) is 0. The van der Waals surface area contributed by atoms with Crippen molar-refractivity contribution in [3.8, 4) is 11.1 Å². The van der Waals surface area contributed by atoms with Crippen LogP contribution in [0, 0.1) is 0 Å². The van der Waals surface area contributed by atoms with E-state index in [2.05, 4.69) is 34.9 Å². The number of unbranched alkanes of at least 4 members (excludes halogenated alkanes) is 1. The molecule has 39 heavy (non-hydrogen) atoms. The van der Waals surface area contributed by atoms with Crippen molar-refractivity contribution in [3.63, 3.8) is 0 Å². The Bertz CT molecular complexity index is 1380. The van der Waals surface area contributed by atoms with Crippen LogP contribution in [0.4, 0.5) is 26.3 Å². The van der Waals surface area contributed by atoms with Crippen molar-refractivity contribution in [3.05, 3.63) is 47.5 Å². The quantitative estimate of drug-likeness (QED) is 0.208. The summed E-state index contributed by atoms with van der Waals surface area (Å²) in [6.45, 7) is 8.13. The van der Waals surface area contributed by atoms with Gasteiger partial charge < -0.3 is 4.48 Å². The van der Waals surface area contributed by atoms with Crippen molar-refractivity contribution in [2.45, 2.75) is 79.7 Å². The topological polar surface area (TPSA) is 68.3 Å². The molecule has 1 unspecified atom stereocenters. The van der Waals surface area contributed by atoms with Crippen molar-refractivity contribution in [2.75, 3.05) is 20.6 Å². The monoisotopic (exact) mass is 602 g/mol. The minimum absolute atomic E-state index is 0.0606. The Morgan fingerprint density at radius 2 is 1.38 bits per heavy atom. The highest BCUT2D eigenvalue weighted by Crippen LogP contribution is 2.47. The minimum atomic E-state index is -6.37. The number of rotatable bonds is 8. The highest BCUT2D eigenvalue weighted by atomic mass is 32.2. The van der Waals surface area contributed by atoms with Gasteiger partial charge in [-0.2, -0.15) is 26.3 Å². The number of benzene rings is 2. The smallest absolute Gasteiger partial charge is 0.326 e. The van der Waals surface area contributed by atoms with E-state index in [1.54, 1.807) is 0 Å². The Morgan fingerprint density at radius 1 is 0.821 bits per heavy atom. The van der Waals surface area contributed by atoms with Crippen LogP contribution in [0.25, 0.3) is 11.1 Å². The summed E-state index contributed by atoms with van der Waals surface area (Å²) < 4.78 is 127. The van der Waals surface area contributed by atoms with Crippen molar-refractivity contribution >= 4 is 19.7 Å². The molecule has 0 N–H and O–H groups in total. The number of quaternary nitrogens is 1. The van der Waals surface area contributed by atoms with E-state index < -0.39 is 52.5 Å². The highest BCUT2D eigenvalue weighted by Gasteiger charge is 2.55. The Kier molecular flexibility index (Phi) is 9.99. The van der Waals surface area contributed by atoms with Crippen LogP contribution in [0.15, 0.2) is 46.2 Å². The lowest BCUT2D eigenvalue weighted by molar-refractivity contribution is -0.914.